The fourth-order valence-corrected chi connectivity index (χ4v) is 3.42. The second kappa shape index (κ2) is 8.61. The number of fused-ring (bicyclic) bond motifs is 1. The Morgan fingerprint density at radius 1 is 1.03 bits per heavy atom. The lowest BCUT2D eigenvalue weighted by atomic mass is 10.1. The van der Waals surface area contributed by atoms with E-state index in [1.807, 2.05) is 30.3 Å². The van der Waals surface area contributed by atoms with Gasteiger partial charge in [-0.25, -0.2) is 5.43 Å². The van der Waals surface area contributed by atoms with Gasteiger partial charge in [-0.15, -0.1) is 0 Å². The summed E-state index contributed by atoms with van der Waals surface area (Å²) in [5.74, 6) is 1.08. The Balaban J connectivity index is 1.51. The van der Waals surface area contributed by atoms with E-state index in [4.69, 9.17) is 32.4 Å². The third-order valence-corrected chi connectivity index (χ3v) is 5.06. The van der Waals surface area contributed by atoms with Crippen LogP contribution in [0, 0.1) is 0 Å². The molecule has 1 N–H and O–H groups in total. The molecule has 0 fully saturated rings. The molecule has 0 aliphatic rings. The number of rotatable bonds is 5. The van der Waals surface area contributed by atoms with Crippen molar-refractivity contribution in [1.82, 2.24) is 5.43 Å². The van der Waals surface area contributed by atoms with E-state index in [9.17, 15) is 4.79 Å². The Morgan fingerprint density at radius 3 is 2.57 bits per heavy atom. The molecule has 0 aliphatic heterocycles. The van der Waals surface area contributed by atoms with Gasteiger partial charge in [0.2, 0.25) is 0 Å². The van der Waals surface area contributed by atoms with E-state index < -0.39 is 5.91 Å². The first-order valence-corrected chi connectivity index (χ1v) is 9.76. The van der Waals surface area contributed by atoms with Gasteiger partial charge in [0.15, 0.2) is 0 Å². The van der Waals surface area contributed by atoms with Gasteiger partial charge in [0, 0.05) is 10.6 Å². The molecule has 4 rings (SSSR count). The first-order chi connectivity index (χ1) is 14.5. The average molecular weight is 439 g/mol. The van der Waals surface area contributed by atoms with Crippen LogP contribution in [0.2, 0.25) is 10.0 Å². The average Bonchev–Trinajstić information content (AvgIpc) is 3.23. The van der Waals surface area contributed by atoms with Crippen molar-refractivity contribution in [3.05, 3.63) is 88.1 Å². The van der Waals surface area contributed by atoms with Gasteiger partial charge in [-0.05, 0) is 53.2 Å². The van der Waals surface area contributed by atoms with Crippen LogP contribution in [0.5, 0.6) is 5.75 Å². The molecule has 0 aliphatic carbocycles. The number of nitrogens with one attached hydrogen (secondary N) is 1. The lowest BCUT2D eigenvalue weighted by molar-refractivity contribution is 0.0952. The quantitative estimate of drug-likeness (QED) is 0.298. The van der Waals surface area contributed by atoms with Crippen molar-refractivity contribution < 1.29 is 13.9 Å². The lowest BCUT2D eigenvalue weighted by Gasteiger charge is -2.09. The number of methoxy groups -OCH3 is 1. The van der Waals surface area contributed by atoms with Crippen molar-refractivity contribution in [3.63, 3.8) is 0 Å². The zero-order valence-electron chi connectivity index (χ0n) is 15.9. The number of benzene rings is 3. The molecular weight excluding hydrogens is 423 g/mol. The number of hydrazone groups is 1. The van der Waals surface area contributed by atoms with Gasteiger partial charge < -0.3 is 9.15 Å². The summed E-state index contributed by atoms with van der Waals surface area (Å²) in [4.78, 5) is 12.6. The summed E-state index contributed by atoms with van der Waals surface area (Å²) in [5.41, 5.74) is 3.56. The van der Waals surface area contributed by atoms with Crippen LogP contribution in [-0.2, 0) is 0 Å². The van der Waals surface area contributed by atoms with Gasteiger partial charge in [0.1, 0.15) is 17.3 Å². The predicted molar refractivity (Wildman–Crippen MR) is 120 cm³/mol. The summed E-state index contributed by atoms with van der Waals surface area (Å²) in [6.07, 6.45) is 1.41. The molecule has 150 valence electrons. The number of ether oxygens (including phenoxy) is 1. The summed E-state index contributed by atoms with van der Waals surface area (Å²) in [6.45, 7) is 0. The topological polar surface area (TPSA) is 63.8 Å². The minimum atomic E-state index is -0.390. The molecule has 1 heterocycles. The van der Waals surface area contributed by atoms with Gasteiger partial charge in [0.05, 0.1) is 23.9 Å². The van der Waals surface area contributed by atoms with Crippen LogP contribution in [0.25, 0.3) is 22.1 Å². The smallest absolute Gasteiger partial charge is 0.275 e. The Hall–Kier alpha value is -3.28. The molecule has 4 aromatic rings. The number of hydrogen-bond acceptors (Lipinski definition) is 4. The molecule has 1 aromatic heterocycles. The number of furan rings is 1. The van der Waals surface area contributed by atoms with E-state index in [-0.39, 0.29) is 0 Å². The maximum absolute atomic E-state index is 12.6. The van der Waals surface area contributed by atoms with Crippen molar-refractivity contribution in [1.29, 1.82) is 0 Å². The molecule has 30 heavy (non-hydrogen) atoms. The molecule has 0 saturated carbocycles. The lowest BCUT2D eigenvalue weighted by Crippen LogP contribution is -2.18. The third kappa shape index (κ3) is 4.17. The minimum absolute atomic E-state index is 0.388. The highest BCUT2D eigenvalue weighted by Crippen LogP contribution is 2.31. The Bertz CT molecular complexity index is 1260. The summed E-state index contributed by atoms with van der Waals surface area (Å²) in [7, 11) is 1.52. The number of carbonyl (C=O) groups excluding carboxylic acids is 1. The van der Waals surface area contributed by atoms with Crippen molar-refractivity contribution in [2.45, 2.75) is 0 Å². The molecule has 0 atom stereocenters. The van der Waals surface area contributed by atoms with E-state index in [0.29, 0.717) is 38.4 Å². The molecule has 0 radical (unpaired) electrons. The van der Waals surface area contributed by atoms with Gasteiger partial charge in [-0.2, -0.15) is 5.10 Å². The fourth-order valence-electron chi connectivity index (χ4n) is 3.03. The molecule has 3 aromatic carbocycles. The number of nitrogens with zero attached hydrogens (tertiary/aromatic N) is 1. The number of carbonyl (C=O) groups is 1. The molecule has 5 nitrogen and oxygen atoms in total. The van der Waals surface area contributed by atoms with E-state index in [2.05, 4.69) is 10.5 Å². The summed E-state index contributed by atoms with van der Waals surface area (Å²) >= 11 is 12.2. The van der Waals surface area contributed by atoms with Crippen LogP contribution >= 0.6 is 23.2 Å². The second-order valence-electron chi connectivity index (χ2n) is 6.42. The van der Waals surface area contributed by atoms with E-state index in [0.717, 1.165) is 10.8 Å². The Kier molecular flexibility index (Phi) is 5.74. The maximum atomic E-state index is 12.6. The highest BCUT2D eigenvalue weighted by atomic mass is 35.5. The number of halogens is 2. The molecule has 0 bridgehead atoms. The van der Waals surface area contributed by atoms with Crippen molar-refractivity contribution in [2.24, 2.45) is 5.10 Å². The maximum Gasteiger partial charge on any atom is 0.275 e. The number of hydrogen-bond donors (Lipinski definition) is 1. The van der Waals surface area contributed by atoms with Crippen LogP contribution in [0.4, 0.5) is 0 Å². The normalized spacial score (nSPS) is 11.2. The molecule has 1 amide bonds. The predicted octanol–water partition coefficient (Wildman–Crippen LogP) is 6.18. The van der Waals surface area contributed by atoms with Crippen LogP contribution in [-0.4, -0.2) is 19.2 Å². The van der Waals surface area contributed by atoms with Crippen LogP contribution in [0.1, 0.15) is 16.1 Å². The highest BCUT2D eigenvalue weighted by molar-refractivity contribution is 6.35. The van der Waals surface area contributed by atoms with Crippen LogP contribution in [0.15, 0.2) is 76.2 Å². The van der Waals surface area contributed by atoms with Gasteiger partial charge in [0.25, 0.3) is 5.91 Å². The van der Waals surface area contributed by atoms with E-state index >= 15 is 0 Å². The Morgan fingerprint density at radius 2 is 1.80 bits per heavy atom. The fraction of sp³-hybridized carbons (Fsp3) is 0.0435. The van der Waals surface area contributed by atoms with Gasteiger partial charge >= 0.3 is 0 Å². The van der Waals surface area contributed by atoms with Crippen LogP contribution in [0.3, 0.4) is 0 Å². The minimum Gasteiger partial charge on any atom is -0.496 e. The molecule has 0 unspecified atom stereocenters. The first kappa shape index (κ1) is 20.0. The van der Waals surface area contributed by atoms with Crippen molar-refractivity contribution in [3.8, 4) is 17.1 Å². The third-order valence-electron chi connectivity index (χ3n) is 4.49. The van der Waals surface area contributed by atoms with Gasteiger partial charge in [-0.3, -0.25) is 4.79 Å². The van der Waals surface area contributed by atoms with Crippen LogP contribution < -0.4 is 10.2 Å². The van der Waals surface area contributed by atoms with E-state index in [1.165, 1.54) is 13.3 Å². The highest BCUT2D eigenvalue weighted by Gasteiger charge is 2.13. The molecule has 7 heteroatoms. The van der Waals surface area contributed by atoms with Crippen molar-refractivity contribution >= 4 is 46.1 Å². The number of amides is 1. The SMILES string of the molecule is COc1cc2ccccc2cc1C(=O)N/N=C\c1ccc(-c2cc(Cl)ccc2Cl)o1. The summed E-state index contributed by atoms with van der Waals surface area (Å²) in [5, 5.41) is 6.98. The summed E-state index contributed by atoms with van der Waals surface area (Å²) < 4.78 is 11.1. The second-order valence-corrected chi connectivity index (χ2v) is 7.27. The zero-order valence-corrected chi connectivity index (χ0v) is 17.4. The largest absolute Gasteiger partial charge is 0.496 e. The van der Waals surface area contributed by atoms with Gasteiger partial charge in [-0.1, -0.05) is 47.5 Å². The standard InChI is InChI=1S/C23H16Cl2N2O3/c1-29-22-11-15-5-3-2-4-14(15)10-19(22)23(28)27-26-13-17-7-9-21(30-17)18-12-16(24)6-8-20(18)25/h2-13H,1H3,(H,27,28)/b26-13-. The van der Waals surface area contributed by atoms with Crippen molar-refractivity contribution in [2.75, 3.05) is 7.11 Å². The summed E-state index contributed by atoms with van der Waals surface area (Å²) in [6, 6.07) is 19.9. The molecule has 0 spiro atoms. The zero-order chi connectivity index (χ0) is 21.1. The molecule has 0 saturated heterocycles. The Labute approximate surface area is 182 Å². The monoisotopic (exact) mass is 438 g/mol. The van der Waals surface area contributed by atoms with E-state index in [1.54, 1.807) is 36.4 Å². The molecular formula is C23H16Cl2N2O3. The first-order valence-electron chi connectivity index (χ1n) is 9.00.